The Kier molecular flexibility index (Phi) is 16.4. The number of rotatable bonds is 10. The van der Waals surface area contributed by atoms with E-state index in [9.17, 15) is 24.3 Å². The van der Waals surface area contributed by atoms with Gasteiger partial charge in [-0.1, -0.05) is 31.1 Å². The summed E-state index contributed by atoms with van der Waals surface area (Å²) in [7, 11) is 3.74. The molecule has 1 fully saturated rings. The van der Waals surface area contributed by atoms with Crippen molar-refractivity contribution in [2.45, 2.75) is 149 Å². The number of ketones is 1. The SMILES string of the molecule is CC[C@H]1OC(=O)[C@H](C)C(=O)[C@H](C)[C@@H](O[C@@H]2O[C@H](C)C[C@H](N(C)C)[C@H]2OC(C)=O)[C@@]2(C)C[C@@H](C)C(NC(C)=O)=C(C)[C@@H](OCC(=NOCc3ccc(-c4ccno4)cn3)CO2)[C@]1(C)O. The molecule has 5 heterocycles. The molecule has 1 saturated heterocycles. The number of Topliss-reactive ketones (excluding diaryl/α,β-unsaturated/α-hetero) is 1. The van der Waals surface area contributed by atoms with Crippen LogP contribution >= 0.6 is 0 Å². The number of pyridine rings is 1. The fourth-order valence-corrected chi connectivity index (χ4v) is 8.95. The number of hydrogen-bond donors (Lipinski definition) is 2. The fourth-order valence-electron chi connectivity index (χ4n) is 8.95. The minimum Gasteiger partial charge on any atom is -0.459 e. The van der Waals surface area contributed by atoms with Crippen molar-refractivity contribution in [3.8, 4) is 11.3 Å². The number of allylic oxidation sites excluding steroid dienone is 1. The average molecular weight is 884 g/mol. The minimum absolute atomic E-state index is 0.0357. The van der Waals surface area contributed by atoms with Crippen molar-refractivity contribution in [2.75, 3.05) is 27.3 Å². The maximum absolute atomic E-state index is 14.7. The molecular weight excluding hydrogens is 819 g/mol. The van der Waals surface area contributed by atoms with Crippen molar-refractivity contribution in [2.24, 2.45) is 22.9 Å². The third kappa shape index (κ3) is 11.8. The second-order valence-corrected chi connectivity index (χ2v) is 17.7. The number of esters is 2. The number of ether oxygens (including phenoxy) is 6. The van der Waals surface area contributed by atoms with Crippen molar-refractivity contribution in [1.82, 2.24) is 20.4 Å². The highest BCUT2D eigenvalue weighted by molar-refractivity contribution is 6.00. The van der Waals surface area contributed by atoms with Crippen LogP contribution in [0, 0.1) is 17.8 Å². The van der Waals surface area contributed by atoms with Gasteiger partial charge in [0.1, 0.15) is 29.4 Å². The van der Waals surface area contributed by atoms with Crippen LogP contribution in [0.4, 0.5) is 0 Å². The third-order valence-electron chi connectivity index (χ3n) is 12.2. The normalized spacial score (nSPS) is 34.4. The van der Waals surface area contributed by atoms with E-state index in [1.807, 2.05) is 38.9 Å². The first-order valence-electron chi connectivity index (χ1n) is 21.5. The van der Waals surface area contributed by atoms with Gasteiger partial charge in [-0.2, -0.15) is 0 Å². The quantitative estimate of drug-likeness (QED) is 0.190. The number of likely N-dealkylation sites (N-methyl/N-ethyl adjacent to an activating group) is 1. The molecule has 2 bridgehead atoms. The molecule has 0 aromatic carbocycles. The molecule has 3 aliphatic rings. The lowest BCUT2D eigenvalue weighted by Crippen LogP contribution is -2.60. The van der Waals surface area contributed by atoms with E-state index in [0.717, 1.165) is 5.56 Å². The van der Waals surface area contributed by atoms with Gasteiger partial charge in [-0.3, -0.25) is 24.2 Å². The Hall–Kier alpha value is -4.59. The lowest BCUT2D eigenvalue weighted by Gasteiger charge is -2.48. The predicted molar refractivity (Wildman–Crippen MR) is 227 cm³/mol. The largest absolute Gasteiger partial charge is 0.459 e. The number of nitrogens with zero attached hydrogens (tertiary/aromatic N) is 4. The van der Waals surface area contributed by atoms with Gasteiger partial charge in [-0.15, -0.1) is 0 Å². The molecule has 348 valence electrons. The lowest BCUT2D eigenvalue weighted by molar-refractivity contribution is -0.298. The van der Waals surface area contributed by atoms with E-state index >= 15 is 0 Å². The molecule has 2 N–H and O–H groups in total. The van der Waals surface area contributed by atoms with Crippen molar-refractivity contribution in [1.29, 1.82) is 0 Å². The molecule has 0 aliphatic carbocycles. The summed E-state index contributed by atoms with van der Waals surface area (Å²) in [5.74, 6) is -4.65. The van der Waals surface area contributed by atoms with E-state index < -0.39 is 77.4 Å². The first kappa shape index (κ1) is 49.4. The highest BCUT2D eigenvalue weighted by atomic mass is 16.7. The number of aliphatic hydroxyl groups is 1. The minimum atomic E-state index is -1.90. The number of hydrogen-bond acceptors (Lipinski definition) is 17. The zero-order valence-corrected chi connectivity index (χ0v) is 38.5. The molecule has 3 aliphatic heterocycles. The molecule has 63 heavy (non-hydrogen) atoms. The molecule has 2 aromatic rings. The summed E-state index contributed by atoms with van der Waals surface area (Å²) in [5, 5.41) is 23.6. The monoisotopic (exact) mass is 883 g/mol. The second-order valence-electron chi connectivity index (χ2n) is 17.7. The summed E-state index contributed by atoms with van der Waals surface area (Å²) in [6, 6.07) is 4.98. The molecule has 2 aromatic heterocycles. The predicted octanol–water partition coefficient (Wildman–Crippen LogP) is 4.53. The van der Waals surface area contributed by atoms with Gasteiger partial charge in [-0.05, 0) is 91.6 Å². The Morgan fingerprint density at radius 2 is 1.81 bits per heavy atom. The van der Waals surface area contributed by atoms with Gasteiger partial charge in [0.05, 0.1) is 49.0 Å². The van der Waals surface area contributed by atoms with Gasteiger partial charge < -0.3 is 53.1 Å². The van der Waals surface area contributed by atoms with Gasteiger partial charge >= 0.3 is 11.9 Å². The third-order valence-corrected chi connectivity index (χ3v) is 12.2. The number of amides is 1. The van der Waals surface area contributed by atoms with Crippen LogP contribution in [0.15, 0.2) is 51.5 Å². The van der Waals surface area contributed by atoms with Gasteiger partial charge in [0.25, 0.3) is 0 Å². The smallest absolute Gasteiger partial charge is 0.316 e. The molecule has 0 saturated carbocycles. The first-order chi connectivity index (χ1) is 29.7. The zero-order valence-electron chi connectivity index (χ0n) is 38.5. The Morgan fingerprint density at radius 3 is 2.41 bits per heavy atom. The van der Waals surface area contributed by atoms with Crippen LogP contribution in [-0.4, -0.2) is 131 Å². The van der Waals surface area contributed by atoms with Crippen molar-refractivity contribution in [3.05, 3.63) is 47.6 Å². The Balaban J connectivity index is 1.67. The van der Waals surface area contributed by atoms with Crippen LogP contribution in [0.3, 0.4) is 0 Å². The lowest BCUT2D eigenvalue weighted by atomic mass is 9.76. The second kappa shape index (κ2) is 20.9. The summed E-state index contributed by atoms with van der Waals surface area (Å²) in [6.07, 6.45) is -2.04. The van der Waals surface area contributed by atoms with E-state index in [0.29, 0.717) is 29.1 Å². The van der Waals surface area contributed by atoms with E-state index in [2.05, 4.69) is 20.6 Å². The molecule has 0 spiro atoms. The maximum Gasteiger partial charge on any atom is 0.316 e. The number of aromatic nitrogens is 2. The molecular formula is C45H65N5O13. The van der Waals surface area contributed by atoms with Crippen LogP contribution < -0.4 is 5.32 Å². The number of carbonyl (C=O) groups excluding carboxylic acids is 4. The standard InChI is InChI=1S/C45H65N5O13/c1-13-36-45(10,55)41-26(4)37(48-29(7)51)24(2)19-44(9,57-22-33(21-56-41)49-58-23-32-15-14-31(20-46-32)35-16-17-47-63-35)40(27(5)38(53)28(6)42(54)61-36)62-43-39(60-30(8)52)34(50(11)12)18-25(3)59-43/h14-17,20,24-25,27-28,34,36,39-41,43,55H,13,18-19,21-23H2,1-12H3,(H,48,51)/t24-,25-,27+,28-,34+,36-,39-,40-,41-,43+,44-,45-/m1/s1. The van der Waals surface area contributed by atoms with Crippen LogP contribution in [0.25, 0.3) is 11.3 Å². The first-order valence-corrected chi connectivity index (χ1v) is 21.5. The van der Waals surface area contributed by atoms with Gasteiger partial charge in [0.15, 0.2) is 30.5 Å². The van der Waals surface area contributed by atoms with E-state index in [1.165, 1.54) is 27.7 Å². The highest BCUT2D eigenvalue weighted by Gasteiger charge is 2.52. The highest BCUT2D eigenvalue weighted by Crippen LogP contribution is 2.41. The van der Waals surface area contributed by atoms with Crippen LogP contribution in [0.1, 0.15) is 94.2 Å². The molecule has 5 rings (SSSR count). The average Bonchev–Trinajstić information content (AvgIpc) is 3.76. The van der Waals surface area contributed by atoms with Crippen LogP contribution in [-0.2, 0) is 59.0 Å². The Labute approximate surface area is 369 Å². The number of carbonyl (C=O) groups is 4. The van der Waals surface area contributed by atoms with Crippen molar-refractivity contribution in [3.63, 3.8) is 0 Å². The number of oxime groups is 1. The van der Waals surface area contributed by atoms with Crippen LogP contribution in [0.2, 0.25) is 0 Å². The fraction of sp³-hybridized carbons (Fsp3) is 0.667. The summed E-state index contributed by atoms with van der Waals surface area (Å²) in [6.45, 7) is 15.8. The summed E-state index contributed by atoms with van der Waals surface area (Å²) in [4.78, 5) is 66.4. The topological polar surface area (TPSA) is 220 Å². The van der Waals surface area contributed by atoms with Crippen molar-refractivity contribution < 1.29 is 62.1 Å². The molecule has 0 unspecified atom stereocenters. The van der Waals surface area contributed by atoms with Crippen molar-refractivity contribution >= 4 is 29.3 Å². The summed E-state index contributed by atoms with van der Waals surface area (Å²) < 4.78 is 44.0. The van der Waals surface area contributed by atoms with E-state index in [1.54, 1.807) is 52.2 Å². The zero-order chi connectivity index (χ0) is 46.4. The Bertz CT molecular complexity index is 1970. The Morgan fingerprint density at radius 1 is 1.08 bits per heavy atom. The molecule has 1 amide bonds. The van der Waals surface area contributed by atoms with Gasteiger partial charge in [0, 0.05) is 43.3 Å². The number of fused-ring (bicyclic) bond motifs is 4. The summed E-state index contributed by atoms with van der Waals surface area (Å²) in [5.41, 5.74) is -0.926. The maximum atomic E-state index is 14.7. The molecule has 18 heteroatoms. The molecule has 18 nitrogen and oxygen atoms in total. The molecule has 0 radical (unpaired) electrons. The van der Waals surface area contributed by atoms with E-state index in [-0.39, 0.29) is 56.4 Å². The number of cyclic esters (lactones) is 1. The van der Waals surface area contributed by atoms with Crippen LogP contribution in [0.5, 0.6) is 0 Å². The number of nitrogens with one attached hydrogen (secondary N) is 1. The van der Waals surface area contributed by atoms with Gasteiger partial charge in [-0.25, -0.2) is 0 Å². The van der Waals surface area contributed by atoms with E-state index in [4.69, 9.17) is 37.8 Å². The summed E-state index contributed by atoms with van der Waals surface area (Å²) >= 11 is 0. The molecule has 12 atom stereocenters. The van der Waals surface area contributed by atoms with Gasteiger partial charge in [0.2, 0.25) is 5.91 Å².